The maximum Gasteiger partial charge on any atom is 0.440 e. The molecule has 0 spiro atoms. The van der Waals surface area contributed by atoms with E-state index in [2.05, 4.69) is 25.0 Å². The minimum atomic E-state index is -4.53. The number of hydrogen-bond acceptors (Lipinski definition) is 2. The first kappa shape index (κ1) is 15.2. The molecule has 0 aliphatic carbocycles. The van der Waals surface area contributed by atoms with Gasteiger partial charge in [-0.05, 0) is 30.5 Å². The summed E-state index contributed by atoms with van der Waals surface area (Å²) in [5, 5.41) is 0. The third-order valence-electron chi connectivity index (χ3n) is 1.73. The molecule has 1 amide bonds. The zero-order valence-electron chi connectivity index (χ0n) is 9.20. The van der Waals surface area contributed by atoms with Crippen LogP contribution < -0.4 is 0 Å². The van der Waals surface area contributed by atoms with Crippen molar-refractivity contribution >= 4 is 32.7 Å². The number of halogens is 4. The van der Waals surface area contributed by atoms with Gasteiger partial charge in [-0.2, -0.15) is 13.2 Å². The smallest absolute Gasteiger partial charge is 0.438 e. The monoisotopic (exact) mass is 343 g/mol. The van der Waals surface area contributed by atoms with E-state index in [-0.39, 0.29) is 0 Å². The number of hydrogen-bond donors (Lipinski definition) is 0. The van der Waals surface area contributed by atoms with E-state index in [0.717, 1.165) is 9.37 Å². The van der Waals surface area contributed by atoms with Crippen LogP contribution in [-0.2, 0) is 15.4 Å². The number of carbonyl (C=O) groups is 1. The molecule has 1 unspecified atom stereocenters. The van der Waals surface area contributed by atoms with Gasteiger partial charge in [-0.1, -0.05) is 26.6 Å². The molecule has 0 aliphatic rings. The molecule has 0 fully saturated rings. The van der Waals surface area contributed by atoms with Gasteiger partial charge in [-0.25, -0.2) is 4.79 Å². The Morgan fingerprint density at radius 2 is 1.94 bits per heavy atom. The Hall–Kier alpha value is -0.890. The lowest BCUT2D eigenvalue weighted by molar-refractivity contribution is -0.159. The molecule has 0 aliphatic heterocycles. The standard InChI is InChI=1S/C10H9BrF3NO2S/c1-18(8-4-2-7(11)3-5-8)15-9(16)17-6-10(12,13)14/h2-5H,6H2,1H3. The van der Waals surface area contributed by atoms with E-state index in [1.165, 1.54) is 0 Å². The van der Waals surface area contributed by atoms with Crippen molar-refractivity contribution < 1.29 is 22.7 Å². The Morgan fingerprint density at radius 3 is 2.44 bits per heavy atom. The number of carbonyl (C=O) groups excluding carboxylic acids is 1. The first-order valence-corrected chi connectivity index (χ1v) is 7.03. The Balaban J connectivity index is 2.66. The molecule has 18 heavy (non-hydrogen) atoms. The van der Waals surface area contributed by atoms with Gasteiger partial charge in [0.05, 0.1) is 0 Å². The highest BCUT2D eigenvalue weighted by Crippen LogP contribution is 2.16. The molecular formula is C10H9BrF3NO2S. The second-order valence-corrected chi connectivity index (χ2v) is 5.72. The molecule has 0 aromatic heterocycles. The van der Waals surface area contributed by atoms with Crippen molar-refractivity contribution in [3.05, 3.63) is 28.7 Å². The molecule has 1 aromatic carbocycles. The maximum atomic E-state index is 11.8. The van der Waals surface area contributed by atoms with Crippen LogP contribution in [0, 0.1) is 0 Å². The molecule has 3 nitrogen and oxygen atoms in total. The highest BCUT2D eigenvalue weighted by atomic mass is 79.9. The molecule has 0 bridgehead atoms. The molecule has 0 saturated heterocycles. The zero-order chi connectivity index (χ0) is 13.8. The van der Waals surface area contributed by atoms with Crippen LogP contribution in [0.1, 0.15) is 0 Å². The largest absolute Gasteiger partial charge is 0.440 e. The Morgan fingerprint density at radius 1 is 1.39 bits per heavy atom. The Kier molecular flexibility index (Phi) is 5.33. The van der Waals surface area contributed by atoms with E-state index in [9.17, 15) is 18.0 Å². The van der Waals surface area contributed by atoms with Gasteiger partial charge in [0, 0.05) is 9.37 Å². The van der Waals surface area contributed by atoms with Crippen LogP contribution in [0.3, 0.4) is 0 Å². The zero-order valence-corrected chi connectivity index (χ0v) is 11.6. The quantitative estimate of drug-likeness (QED) is 0.815. The van der Waals surface area contributed by atoms with Gasteiger partial charge in [0.1, 0.15) is 0 Å². The minimum Gasteiger partial charge on any atom is -0.438 e. The van der Waals surface area contributed by atoms with Gasteiger partial charge in [-0.15, -0.1) is 4.36 Å². The lowest BCUT2D eigenvalue weighted by atomic mass is 10.4. The number of benzene rings is 1. The van der Waals surface area contributed by atoms with Crippen molar-refractivity contribution in [2.75, 3.05) is 12.9 Å². The predicted octanol–water partition coefficient (Wildman–Crippen LogP) is 3.94. The molecule has 0 heterocycles. The average Bonchev–Trinajstić information content (AvgIpc) is 2.26. The van der Waals surface area contributed by atoms with Crippen LogP contribution in [0.2, 0.25) is 0 Å². The Bertz CT molecular complexity index is 459. The fourth-order valence-electron chi connectivity index (χ4n) is 0.966. The molecule has 1 atom stereocenters. The molecule has 0 N–H and O–H groups in total. The second-order valence-electron chi connectivity index (χ2n) is 3.19. The van der Waals surface area contributed by atoms with E-state index in [1.54, 1.807) is 30.5 Å². The summed E-state index contributed by atoms with van der Waals surface area (Å²) in [6, 6.07) is 6.98. The maximum absolute atomic E-state index is 11.8. The summed E-state index contributed by atoms with van der Waals surface area (Å²) >= 11 is 3.25. The number of amides is 1. The summed E-state index contributed by atoms with van der Waals surface area (Å²) < 4.78 is 43.8. The molecular weight excluding hydrogens is 335 g/mol. The summed E-state index contributed by atoms with van der Waals surface area (Å²) in [7, 11) is -0.838. The van der Waals surface area contributed by atoms with Crippen molar-refractivity contribution in [1.29, 1.82) is 0 Å². The van der Waals surface area contributed by atoms with Crippen molar-refractivity contribution in [3.63, 3.8) is 0 Å². The van der Waals surface area contributed by atoms with E-state index in [1.807, 2.05) is 0 Å². The van der Waals surface area contributed by atoms with Crippen LogP contribution in [-0.4, -0.2) is 25.1 Å². The van der Waals surface area contributed by atoms with Crippen LogP contribution >= 0.6 is 15.9 Å². The van der Waals surface area contributed by atoms with Crippen LogP contribution in [0.4, 0.5) is 18.0 Å². The van der Waals surface area contributed by atoms with Crippen LogP contribution in [0.5, 0.6) is 0 Å². The highest BCUT2D eigenvalue weighted by molar-refractivity contribution is 9.10. The lowest BCUT2D eigenvalue weighted by Gasteiger charge is -2.06. The van der Waals surface area contributed by atoms with Gasteiger partial charge in [0.25, 0.3) is 0 Å². The minimum absolute atomic E-state index is 0.738. The molecule has 1 aromatic rings. The van der Waals surface area contributed by atoms with Gasteiger partial charge in [-0.3, -0.25) is 0 Å². The second kappa shape index (κ2) is 6.33. The van der Waals surface area contributed by atoms with E-state index in [0.29, 0.717) is 0 Å². The summed E-state index contributed by atoms with van der Waals surface area (Å²) in [5.74, 6) is 0. The lowest BCUT2D eigenvalue weighted by Crippen LogP contribution is -2.19. The summed E-state index contributed by atoms with van der Waals surface area (Å²) in [6.07, 6.45) is -4.12. The van der Waals surface area contributed by atoms with E-state index < -0.39 is 29.6 Å². The average molecular weight is 344 g/mol. The van der Waals surface area contributed by atoms with Gasteiger partial charge in [0.2, 0.25) is 0 Å². The summed E-state index contributed by atoms with van der Waals surface area (Å²) in [6.45, 7) is -1.62. The number of nitrogens with zero attached hydrogens (tertiary/aromatic N) is 1. The van der Waals surface area contributed by atoms with Crippen molar-refractivity contribution in [2.45, 2.75) is 11.1 Å². The van der Waals surface area contributed by atoms with Gasteiger partial charge >= 0.3 is 12.3 Å². The fraction of sp³-hybridized carbons (Fsp3) is 0.300. The third kappa shape index (κ3) is 5.63. The van der Waals surface area contributed by atoms with Crippen LogP contribution in [0.15, 0.2) is 38.0 Å². The van der Waals surface area contributed by atoms with Crippen molar-refractivity contribution in [3.8, 4) is 0 Å². The predicted molar refractivity (Wildman–Crippen MR) is 65.5 cm³/mol. The Labute approximate surface area is 113 Å². The third-order valence-corrected chi connectivity index (χ3v) is 3.63. The molecule has 0 radical (unpaired) electrons. The van der Waals surface area contributed by atoms with E-state index >= 15 is 0 Å². The van der Waals surface area contributed by atoms with Crippen molar-refractivity contribution in [2.24, 2.45) is 4.36 Å². The van der Waals surface area contributed by atoms with Crippen molar-refractivity contribution in [1.82, 2.24) is 0 Å². The highest BCUT2D eigenvalue weighted by Gasteiger charge is 2.29. The summed E-state index contributed by atoms with van der Waals surface area (Å²) in [4.78, 5) is 11.8. The normalized spacial score (nSPS) is 13.4. The first-order chi connectivity index (χ1) is 8.28. The van der Waals surface area contributed by atoms with Gasteiger partial charge in [0.15, 0.2) is 6.61 Å². The number of rotatable bonds is 2. The van der Waals surface area contributed by atoms with E-state index in [4.69, 9.17) is 0 Å². The molecule has 0 saturated carbocycles. The fourth-order valence-corrected chi connectivity index (χ4v) is 2.14. The molecule has 100 valence electrons. The first-order valence-electron chi connectivity index (χ1n) is 4.65. The van der Waals surface area contributed by atoms with Crippen LogP contribution in [0.25, 0.3) is 0 Å². The summed E-state index contributed by atoms with van der Waals surface area (Å²) in [5.41, 5.74) is 0. The topological polar surface area (TPSA) is 38.7 Å². The number of ether oxygens (including phenoxy) is 1. The number of alkyl halides is 3. The molecule has 1 rings (SSSR count). The van der Waals surface area contributed by atoms with Gasteiger partial charge < -0.3 is 4.74 Å². The SMILES string of the molecule is C/S(=N\C(=O)OCC(F)(F)F)c1ccc(Br)cc1. The molecule has 8 heteroatoms.